The number of aromatic nitrogens is 2. The van der Waals surface area contributed by atoms with Crippen LogP contribution < -0.4 is 0 Å². The van der Waals surface area contributed by atoms with Gasteiger partial charge in [0, 0.05) is 36.9 Å². The van der Waals surface area contributed by atoms with Gasteiger partial charge in [0.25, 0.3) is 0 Å². The fourth-order valence-corrected chi connectivity index (χ4v) is 10.8. The molecule has 0 unspecified atom stereocenters. The molecule has 2 aromatic heterocycles. The van der Waals surface area contributed by atoms with Crippen molar-refractivity contribution in [3.05, 3.63) is 253 Å². The van der Waals surface area contributed by atoms with Gasteiger partial charge >= 0.3 is 0 Å². The van der Waals surface area contributed by atoms with Gasteiger partial charge in [0.2, 0.25) is 0 Å². The highest BCUT2D eigenvalue weighted by molar-refractivity contribution is 7.25. The third-order valence-electron chi connectivity index (χ3n) is 12.6. The van der Waals surface area contributed by atoms with Crippen molar-refractivity contribution in [1.29, 1.82) is 0 Å². The molecule has 1 aliphatic rings. The minimum absolute atomic E-state index is 0.426. The summed E-state index contributed by atoms with van der Waals surface area (Å²) in [5, 5.41) is 2.63. The van der Waals surface area contributed by atoms with E-state index in [1.54, 1.807) is 0 Å². The van der Waals surface area contributed by atoms with E-state index in [1.807, 2.05) is 29.5 Å². The van der Waals surface area contributed by atoms with Crippen molar-refractivity contribution < 1.29 is 0 Å². The molecule has 11 aromatic rings. The molecule has 0 radical (unpaired) electrons. The van der Waals surface area contributed by atoms with Crippen LogP contribution in [0.2, 0.25) is 0 Å². The van der Waals surface area contributed by atoms with E-state index < -0.39 is 5.41 Å². The molecule has 1 aliphatic carbocycles. The predicted molar refractivity (Wildman–Crippen MR) is 259 cm³/mol. The molecule has 2 heterocycles. The van der Waals surface area contributed by atoms with Crippen molar-refractivity contribution in [1.82, 2.24) is 9.97 Å². The van der Waals surface area contributed by atoms with Crippen molar-refractivity contribution in [3.63, 3.8) is 0 Å². The van der Waals surface area contributed by atoms with Crippen LogP contribution in [0, 0.1) is 0 Å². The second-order valence-corrected chi connectivity index (χ2v) is 17.2. The Morgan fingerprint density at radius 2 is 0.839 bits per heavy atom. The van der Waals surface area contributed by atoms with E-state index in [2.05, 4.69) is 212 Å². The first-order valence-corrected chi connectivity index (χ1v) is 22.0. The molecule has 62 heavy (non-hydrogen) atoms. The molecule has 0 N–H and O–H groups in total. The standard InChI is InChI=1S/C59H38N2S/c1-4-15-41(16-5-1)58-60-54(40-29-27-39(28-30-40)44-31-33-50-49-24-11-13-26-56(49)62-57(50)37-44)38-55(61-58)45-18-14-17-42(35-45)43-32-34-53-51(36-43)48-23-10-12-25-52(48)59(53,46-19-6-2-7-20-46)47-21-8-3-9-22-47/h1-38H. The van der Waals surface area contributed by atoms with E-state index in [4.69, 9.17) is 9.97 Å². The SMILES string of the molecule is c1ccc(-c2nc(-c3ccc(-c4ccc5c(c4)sc4ccccc45)cc3)cc(-c3cccc(-c4ccc5c(c4)-c4ccccc4C5(c4ccccc4)c4ccccc4)c3)n2)cc1. The second-order valence-electron chi connectivity index (χ2n) is 16.1. The summed E-state index contributed by atoms with van der Waals surface area (Å²) < 4.78 is 2.63. The van der Waals surface area contributed by atoms with Gasteiger partial charge in [-0.15, -0.1) is 11.3 Å². The quantitative estimate of drug-likeness (QED) is 0.160. The Hall–Kier alpha value is -7.72. The monoisotopic (exact) mass is 806 g/mol. The molecule has 0 bridgehead atoms. The normalized spacial score (nSPS) is 12.6. The molecular weight excluding hydrogens is 769 g/mol. The maximum Gasteiger partial charge on any atom is 0.160 e. The number of hydrogen-bond acceptors (Lipinski definition) is 3. The van der Waals surface area contributed by atoms with Gasteiger partial charge in [0.1, 0.15) is 0 Å². The van der Waals surface area contributed by atoms with Crippen LogP contribution in [0.15, 0.2) is 231 Å². The summed E-state index contributed by atoms with van der Waals surface area (Å²) in [5.41, 5.74) is 16.8. The van der Waals surface area contributed by atoms with Crippen LogP contribution in [-0.4, -0.2) is 9.97 Å². The number of thiophene rings is 1. The van der Waals surface area contributed by atoms with Crippen molar-refractivity contribution >= 4 is 31.5 Å². The largest absolute Gasteiger partial charge is 0.228 e. The molecule has 2 nitrogen and oxygen atoms in total. The molecule has 290 valence electrons. The smallest absolute Gasteiger partial charge is 0.160 e. The molecule has 0 fully saturated rings. The first-order valence-electron chi connectivity index (χ1n) is 21.1. The zero-order valence-electron chi connectivity index (χ0n) is 33.7. The maximum absolute atomic E-state index is 5.21. The molecule has 0 spiro atoms. The van der Waals surface area contributed by atoms with Gasteiger partial charge in [-0.05, 0) is 86.0 Å². The fourth-order valence-electron chi connectivity index (χ4n) is 9.69. The van der Waals surface area contributed by atoms with Crippen molar-refractivity contribution in [2.45, 2.75) is 5.41 Å². The molecular formula is C59H38N2S. The lowest BCUT2D eigenvalue weighted by molar-refractivity contribution is 0.768. The van der Waals surface area contributed by atoms with E-state index in [0.29, 0.717) is 5.82 Å². The lowest BCUT2D eigenvalue weighted by Crippen LogP contribution is -2.28. The van der Waals surface area contributed by atoms with Gasteiger partial charge in [-0.1, -0.05) is 200 Å². The lowest BCUT2D eigenvalue weighted by atomic mass is 9.67. The van der Waals surface area contributed by atoms with E-state index in [0.717, 1.165) is 33.6 Å². The minimum Gasteiger partial charge on any atom is -0.228 e. The van der Waals surface area contributed by atoms with Crippen LogP contribution in [-0.2, 0) is 5.41 Å². The molecule has 9 aromatic carbocycles. The Balaban J connectivity index is 0.940. The van der Waals surface area contributed by atoms with Crippen LogP contribution in [0.5, 0.6) is 0 Å². The molecule has 3 heteroatoms. The highest BCUT2D eigenvalue weighted by Gasteiger charge is 2.45. The average molecular weight is 807 g/mol. The number of hydrogen-bond donors (Lipinski definition) is 0. The molecule has 0 saturated heterocycles. The van der Waals surface area contributed by atoms with E-state index >= 15 is 0 Å². The molecule has 0 amide bonds. The summed E-state index contributed by atoms with van der Waals surface area (Å²) >= 11 is 1.85. The van der Waals surface area contributed by atoms with Gasteiger partial charge in [0.15, 0.2) is 5.82 Å². The molecule has 0 atom stereocenters. The fraction of sp³-hybridized carbons (Fsp3) is 0.0169. The highest BCUT2D eigenvalue weighted by Crippen LogP contribution is 2.56. The summed E-state index contributed by atoms with van der Waals surface area (Å²) in [6, 6.07) is 83.4. The van der Waals surface area contributed by atoms with Crippen molar-refractivity contribution in [2.24, 2.45) is 0 Å². The lowest BCUT2D eigenvalue weighted by Gasteiger charge is -2.33. The summed E-state index contributed by atoms with van der Waals surface area (Å²) in [6.07, 6.45) is 0. The van der Waals surface area contributed by atoms with Gasteiger partial charge in [-0.25, -0.2) is 9.97 Å². The summed E-state index contributed by atoms with van der Waals surface area (Å²) in [4.78, 5) is 10.4. The Morgan fingerprint density at radius 1 is 0.306 bits per heavy atom. The van der Waals surface area contributed by atoms with Gasteiger partial charge in [0.05, 0.1) is 16.8 Å². The maximum atomic E-state index is 5.21. The first-order chi connectivity index (χ1) is 30.7. The first kappa shape index (κ1) is 36.2. The average Bonchev–Trinajstić information content (AvgIpc) is 3.88. The zero-order chi connectivity index (χ0) is 41.0. The topological polar surface area (TPSA) is 25.8 Å². The predicted octanol–water partition coefficient (Wildman–Crippen LogP) is 15.5. The minimum atomic E-state index is -0.426. The van der Waals surface area contributed by atoms with Crippen LogP contribution in [0.25, 0.3) is 87.5 Å². The Kier molecular flexibility index (Phi) is 8.62. The molecule has 0 aliphatic heterocycles. The van der Waals surface area contributed by atoms with E-state index in [9.17, 15) is 0 Å². The number of nitrogens with zero attached hydrogens (tertiary/aromatic N) is 2. The third-order valence-corrected chi connectivity index (χ3v) is 13.7. The Morgan fingerprint density at radius 3 is 1.61 bits per heavy atom. The van der Waals surface area contributed by atoms with Gasteiger partial charge < -0.3 is 0 Å². The highest BCUT2D eigenvalue weighted by atomic mass is 32.1. The second kappa shape index (κ2) is 14.8. The van der Waals surface area contributed by atoms with E-state index in [-0.39, 0.29) is 0 Å². The Labute approximate surface area is 365 Å². The molecule has 0 saturated carbocycles. The summed E-state index contributed by atoms with van der Waals surface area (Å²) in [6.45, 7) is 0. The van der Waals surface area contributed by atoms with Gasteiger partial charge in [-0.3, -0.25) is 0 Å². The summed E-state index contributed by atoms with van der Waals surface area (Å²) in [5.74, 6) is 0.704. The van der Waals surface area contributed by atoms with Crippen LogP contribution >= 0.6 is 11.3 Å². The Bertz CT molecular complexity index is 3400. The van der Waals surface area contributed by atoms with Gasteiger partial charge in [-0.2, -0.15) is 0 Å². The van der Waals surface area contributed by atoms with Crippen LogP contribution in [0.4, 0.5) is 0 Å². The third kappa shape index (κ3) is 5.93. The van der Waals surface area contributed by atoms with Crippen molar-refractivity contribution in [3.8, 4) is 67.3 Å². The molecule has 12 rings (SSSR count). The number of rotatable bonds is 7. The zero-order valence-corrected chi connectivity index (χ0v) is 34.6. The van der Waals surface area contributed by atoms with Crippen LogP contribution in [0.3, 0.4) is 0 Å². The van der Waals surface area contributed by atoms with Crippen molar-refractivity contribution in [2.75, 3.05) is 0 Å². The van der Waals surface area contributed by atoms with E-state index in [1.165, 1.54) is 70.2 Å². The summed E-state index contributed by atoms with van der Waals surface area (Å²) in [7, 11) is 0. The number of fused-ring (bicyclic) bond motifs is 6. The van der Waals surface area contributed by atoms with Crippen LogP contribution in [0.1, 0.15) is 22.3 Å². The number of benzene rings is 9.